The molecule has 0 unspecified atom stereocenters. The molecule has 2 heterocycles. The number of nitrogens with zero attached hydrogens (tertiary/aromatic N) is 2. The zero-order chi connectivity index (χ0) is 25.3. The van der Waals surface area contributed by atoms with Crippen molar-refractivity contribution in [1.82, 2.24) is 15.5 Å². The Balaban J connectivity index is 1.28. The summed E-state index contributed by atoms with van der Waals surface area (Å²) in [5.41, 5.74) is 1.93. The minimum atomic E-state index is -0.684. The van der Waals surface area contributed by atoms with Crippen LogP contribution in [0.25, 0.3) is 0 Å². The van der Waals surface area contributed by atoms with E-state index in [1.807, 2.05) is 36.4 Å². The second-order valence-corrected chi connectivity index (χ2v) is 8.56. The average molecular weight is 495 g/mol. The molecule has 1 atom stereocenters. The molecular formula is C27H31FN4O4. The van der Waals surface area contributed by atoms with Gasteiger partial charge < -0.3 is 24.7 Å². The van der Waals surface area contributed by atoms with Gasteiger partial charge in [-0.1, -0.05) is 18.2 Å². The highest BCUT2D eigenvalue weighted by Crippen LogP contribution is 2.24. The van der Waals surface area contributed by atoms with Gasteiger partial charge in [0, 0.05) is 45.0 Å². The molecular weight excluding hydrogens is 463 g/mol. The normalized spacial score (nSPS) is 14.8. The second kappa shape index (κ2) is 12.2. The van der Waals surface area contributed by atoms with E-state index < -0.39 is 11.8 Å². The summed E-state index contributed by atoms with van der Waals surface area (Å²) in [4.78, 5) is 29.3. The first-order valence-electron chi connectivity index (χ1n) is 12.0. The number of hydrogen-bond donors (Lipinski definition) is 2. The third-order valence-corrected chi connectivity index (χ3v) is 6.35. The molecule has 0 bridgehead atoms. The van der Waals surface area contributed by atoms with Crippen molar-refractivity contribution in [2.75, 3.05) is 51.3 Å². The monoisotopic (exact) mass is 494 g/mol. The maximum absolute atomic E-state index is 13.3. The summed E-state index contributed by atoms with van der Waals surface area (Å²) in [6.07, 6.45) is 2.15. The first-order chi connectivity index (χ1) is 17.5. The molecule has 190 valence electrons. The highest BCUT2D eigenvalue weighted by molar-refractivity contribution is 6.35. The van der Waals surface area contributed by atoms with Crippen LogP contribution in [0.5, 0.6) is 5.75 Å². The van der Waals surface area contributed by atoms with Gasteiger partial charge in [0.15, 0.2) is 0 Å². The first-order valence-corrected chi connectivity index (χ1v) is 12.0. The lowest BCUT2D eigenvalue weighted by atomic mass is 10.1. The Morgan fingerprint density at radius 1 is 0.972 bits per heavy atom. The molecule has 4 rings (SSSR count). The van der Waals surface area contributed by atoms with Crippen LogP contribution < -0.4 is 20.3 Å². The van der Waals surface area contributed by atoms with Crippen molar-refractivity contribution in [1.29, 1.82) is 0 Å². The summed E-state index contributed by atoms with van der Waals surface area (Å²) in [5.74, 6) is -0.144. The Hall–Kier alpha value is -3.85. The van der Waals surface area contributed by atoms with Crippen LogP contribution in [0.3, 0.4) is 0 Å². The minimum Gasteiger partial charge on any atom is -0.496 e. The van der Waals surface area contributed by atoms with Crippen LogP contribution >= 0.6 is 0 Å². The van der Waals surface area contributed by atoms with Gasteiger partial charge in [0.2, 0.25) is 0 Å². The molecule has 9 heteroatoms. The number of carbonyl (C=O) groups is 2. The number of carbonyl (C=O) groups excluding carboxylic acids is 2. The molecule has 0 aliphatic carbocycles. The Bertz CT molecular complexity index is 1130. The highest BCUT2D eigenvalue weighted by atomic mass is 19.1. The van der Waals surface area contributed by atoms with Crippen LogP contribution in [0.4, 0.5) is 10.1 Å². The number of halogens is 1. The number of furan rings is 1. The minimum absolute atomic E-state index is 0.208. The number of hydrogen-bond acceptors (Lipinski definition) is 6. The van der Waals surface area contributed by atoms with Crippen molar-refractivity contribution in [3.63, 3.8) is 0 Å². The largest absolute Gasteiger partial charge is 0.496 e. The van der Waals surface area contributed by atoms with Gasteiger partial charge in [0.1, 0.15) is 17.3 Å². The number of methoxy groups -OCH3 is 1. The van der Waals surface area contributed by atoms with E-state index in [0.29, 0.717) is 13.0 Å². The van der Waals surface area contributed by atoms with Crippen molar-refractivity contribution >= 4 is 17.5 Å². The van der Waals surface area contributed by atoms with Gasteiger partial charge >= 0.3 is 11.8 Å². The van der Waals surface area contributed by atoms with Crippen LogP contribution in [0.1, 0.15) is 17.4 Å². The van der Waals surface area contributed by atoms with Gasteiger partial charge in [0.25, 0.3) is 0 Å². The lowest BCUT2D eigenvalue weighted by Gasteiger charge is -2.39. The molecule has 0 spiro atoms. The molecule has 1 aliphatic rings. The van der Waals surface area contributed by atoms with E-state index in [9.17, 15) is 14.0 Å². The predicted molar refractivity (Wildman–Crippen MR) is 134 cm³/mol. The van der Waals surface area contributed by atoms with Crippen LogP contribution in [-0.2, 0) is 16.0 Å². The standard InChI is InChI=1S/C27H31FN4O4/c1-35-24-6-3-2-5-20(24)12-13-29-26(33)27(34)30-19-23(25-7-4-18-36-25)32-16-14-31(15-17-32)22-10-8-21(28)9-11-22/h2-11,18,23H,12-17,19H2,1H3,(H,29,33)(H,30,34)/t23-/m1/s1. The fourth-order valence-corrected chi connectivity index (χ4v) is 4.40. The Labute approximate surface area is 210 Å². The Morgan fingerprint density at radius 3 is 2.39 bits per heavy atom. The number of amides is 2. The average Bonchev–Trinajstić information content (AvgIpc) is 3.44. The van der Waals surface area contributed by atoms with Crippen LogP contribution in [0.2, 0.25) is 0 Å². The maximum Gasteiger partial charge on any atom is 0.309 e. The second-order valence-electron chi connectivity index (χ2n) is 8.56. The topological polar surface area (TPSA) is 87.0 Å². The van der Waals surface area contributed by atoms with E-state index in [0.717, 1.165) is 48.9 Å². The van der Waals surface area contributed by atoms with Gasteiger partial charge in [-0.05, 0) is 54.4 Å². The lowest BCUT2D eigenvalue weighted by Crippen LogP contribution is -2.50. The predicted octanol–water partition coefficient (Wildman–Crippen LogP) is 2.77. The molecule has 0 saturated carbocycles. The molecule has 8 nitrogen and oxygen atoms in total. The Morgan fingerprint density at radius 2 is 1.69 bits per heavy atom. The molecule has 0 radical (unpaired) electrons. The molecule has 1 aromatic heterocycles. The number of nitrogens with one attached hydrogen (secondary N) is 2. The smallest absolute Gasteiger partial charge is 0.309 e. The fourth-order valence-electron chi connectivity index (χ4n) is 4.40. The van der Waals surface area contributed by atoms with Gasteiger partial charge in [-0.2, -0.15) is 0 Å². The number of para-hydroxylation sites is 1. The van der Waals surface area contributed by atoms with Crippen LogP contribution in [-0.4, -0.2) is 63.1 Å². The molecule has 3 aromatic rings. The van der Waals surface area contributed by atoms with Crippen molar-refractivity contribution in [3.8, 4) is 5.75 Å². The van der Waals surface area contributed by atoms with E-state index in [4.69, 9.17) is 9.15 Å². The van der Waals surface area contributed by atoms with Crippen molar-refractivity contribution in [2.45, 2.75) is 12.5 Å². The zero-order valence-electron chi connectivity index (χ0n) is 20.3. The molecule has 2 amide bonds. The van der Waals surface area contributed by atoms with Gasteiger partial charge in [-0.3, -0.25) is 14.5 Å². The SMILES string of the molecule is COc1ccccc1CCNC(=O)C(=O)NC[C@H](c1ccco1)N1CCN(c2ccc(F)cc2)CC1. The van der Waals surface area contributed by atoms with E-state index in [1.54, 1.807) is 25.5 Å². The summed E-state index contributed by atoms with van der Waals surface area (Å²) in [7, 11) is 1.60. The summed E-state index contributed by atoms with van der Waals surface area (Å²) in [5, 5.41) is 5.43. The van der Waals surface area contributed by atoms with E-state index in [2.05, 4.69) is 20.4 Å². The number of rotatable bonds is 9. The summed E-state index contributed by atoms with van der Waals surface area (Å²) in [6.45, 7) is 3.51. The number of piperazine rings is 1. The molecule has 2 N–H and O–H groups in total. The zero-order valence-corrected chi connectivity index (χ0v) is 20.3. The lowest BCUT2D eigenvalue weighted by molar-refractivity contribution is -0.139. The van der Waals surface area contributed by atoms with E-state index in [1.165, 1.54) is 12.1 Å². The third kappa shape index (κ3) is 6.42. The molecule has 36 heavy (non-hydrogen) atoms. The first kappa shape index (κ1) is 25.2. The van der Waals surface area contributed by atoms with Crippen LogP contribution in [0.15, 0.2) is 71.3 Å². The molecule has 2 aromatic carbocycles. The summed E-state index contributed by atoms with van der Waals surface area (Å²) >= 11 is 0. The Kier molecular flexibility index (Phi) is 8.57. The van der Waals surface area contributed by atoms with Gasteiger partial charge in [0.05, 0.1) is 19.4 Å². The summed E-state index contributed by atoms with van der Waals surface area (Å²) < 4.78 is 24.2. The van der Waals surface area contributed by atoms with Gasteiger partial charge in [-0.15, -0.1) is 0 Å². The number of anilines is 1. The van der Waals surface area contributed by atoms with Crippen LogP contribution in [0, 0.1) is 5.82 Å². The van der Waals surface area contributed by atoms with Crippen molar-refractivity contribution in [2.24, 2.45) is 0 Å². The number of benzene rings is 2. The summed E-state index contributed by atoms with van der Waals surface area (Å²) in [6, 6.07) is 17.5. The number of ether oxygens (including phenoxy) is 1. The fraction of sp³-hybridized carbons (Fsp3) is 0.333. The maximum atomic E-state index is 13.3. The van der Waals surface area contributed by atoms with E-state index >= 15 is 0 Å². The van der Waals surface area contributed by atoms with Crippen molar-refractivity contribution in [3.05, 3.63) is 84.1 Å². The molecule has 1 fully saturated rings. The van der Waals surface area contributed by atoms with Crippen molar-refractivity contribution < 1.29 is 23.1 Å². The van der Waals surface area contributed by atoms with Gasteiger partial charge in [-0.25, -0.2) is 4.39 Å². The van der Waals surface area contributed by atoms with E-state index in [-0.39, 0.29) is 18.4 Å². The molecule has 1 saturated heterocycles. The quantitative estimate of drug-likeness (QED) is 0.445. The highest BCUT2D eigenvalue weighted by Gasteiger charge is 2.28. The molecule has 1 aliphatic heterocycles. The third-order valence-electron chi connectivity index (χ3n) is 6.35.